The molecule has 0 bridgehead atoms. The number of urea groups is 1. The lowest BCUT2D eigenvalue weighted by Crippen LogP contribution is -2.38. The van der Waals surface area contributed by atoms with Crippen molar-refractivity contribution in [2.24, 2.45) is 5.92 Å². The molecule has 128 valence electrons. The second kappa shape index (κ2) is 7.40. The number of ether oxygens (including phenoxy) is 1. The highest BCUT2D eigenvalue weighted by atomic mass is 35.5. The molecule has 8 heteroatoms. The molecule has 0 spiro atoms. The van der Waals surface area contributed by atoms with E-state index in [9.17, 15) is 13.2 Å². The quantitative estimate of drug-likeness (QED) is 0.870. The number of halogens is 1. The number of carbonyl (C=O) groups is 1. The summed E-state index contributed by atoms with van der Waals surface area (Å²) < 4.78 is 27.7. The Bertz CT molecular complexity index is 678. The molecule has 0 radical (unpaired) electrons. The Balaban J connectivity index is 1.85. The molecule has 0 unspecified atom stereocenters. The van der Waals surface area contributed by atoms with Crippen LogP contribution in [0.25, 0.3) is 0 Å². The number of hydrogen-bond donors (Lipinski definition) is 1. The zero-order valence-corrected chi connectivity index (χ0v) is 14.8. The van der Waals surface area contributed by atoms with Crippen molar-refractivity contribution < 1.29 is 17.9 Å². The van der Waals surface area contributed by atoms with E-state index in [0.717, 1.165) is 12.0 Å². The highest BCUT2D eigenvalue weighted by Crippen LogP contribution is 2.25. The minimum absolute atomic E-state index is 0.0196. The smallest absolute Gasteiger partial charge is 0.317 e. The van der Waals surface area contributed by atoms with E-state index >= 15 is 0 Å². The number of hydrogen-bond acceptors (Lipinski definition) is 4. The summed E-state index contributed by atoms with van der Waals surface area (Å²) in [6.07, 6.45) is 1.94. The molecule has 0 saturated carbocycles. The number of nitrogens with one attached hydrogen (secondary N) is 1. The molecule has 0 aliphatic carbocycles. The Morgan fingerprint density at radius 2 is 2.22 bits per heavy atom. The lowest BCUT2D eigenvalue weighted by atomic mass is 10.2. The molecular formula is C15H21ClN2O4S. The lowest BCUT2D eigenvalue weighted by Gasteiger charge is -2.17. The molecule has 1 aliphatic rings. The number of carbonyl (C=O) groups excluding carboxylic acids is 1. The second-order valence-electron chi connectivity index (χ2n) is 5.82. The highest BCUT2D eigenvalue weighted by molar-refractivity contribution is 7.90. The van der Waals surface area contributed by atoms with Crippen molar-refractivity contribution in [2.45, 2.75) is 13.0 Å². The average Bonchev–Trinajstić information content (AvgIpc) is 2.91. The number of amides is 2. The van der Waals surface area contributed by atoms with Crippen LogP contribution in [0.15, 0.2) is 18.2 Å². The summed E-state index contributed by atoms with van der Waals surface area (Å²) in [5.41, 5.74) is 0.871. The van der Waals surface area contributed by atoms with Crippen LogP contribution < -0.4 is 10.1 Å². The summed E-state index contributed by atoms with van der Waals surface area (Å²) in [6.45, 7) is 1.41. The van der Waals surface area contributed by atoms with Crippen LogP contribution >= 0.6 is 11.6 Å². The zero-order valence-electron chi connectivity index (χ0n) is 13.2. The summed E-state index contributed by atoms with van der Waals surface area (Å²) in [4.78, 5) is 13.8. The fourth-order valence-electron chi connectivity index (χ4n) is 2.69. The van der Waals surface area contributed by atoms with Gasteiger partial charge in [0.25, 0.3) is 0 Å². The zero-order chi connectivity index (χ0) is 17.0. The van der Waals surface area contributed by atoms with Gasteiger partial charge in [-0.15, -0.1) is 0 Å². The van der Waals surface area contributed by atoms with E-state index in [4.69, 9.17) is 16.3 Å². The molecule has 6 nitrogen and oxygen atoms in total. The van der Waals surface area contributed by atoms with Gasteiger partial charge >= 0.3 is 6.03 Å². The van der Waals surface area contributed by atoms with Crippen LogP contribution in [0.3, 0.4) is 0 Å². The van der Waals surface area contributed by atoms with Gasteiger partial charge in [0.2, 0.25) is 0 Å². The standard InChI is InChI=1S/C15H21ClN2O4S/c1-22-14-4-3-11(7-13(14)16)8-17-15(19)18-6-5-12(9-18)10-23(2,20)21/h3-4,7,12H,5-6,8-10H2,1-2H3,(H,17,19)/t12-/m0/s1. The van der Waals surface area contributed by atoms with Gasteiger partial charge in [-0.3, -0.25) is 0 Å². The lowest BCUT2D eigenvalue weighted by molar-refractivity contribution is 0.207. The van der Waals surface area contributed by atoms with Crippen LogP contribution in [-0.2, 0) is 16.4 Å². The maximum atomic E-state index is 12.1. The van der Waals surface area contributed by atoms with Gasteiger partial charge in [-0.1, -0.05) is 17.7 Å². The number of likely N-dealkylation sites (tertiary alicyclic amines) is 1. The van der Waals surface area contributed by atoms with Crippen molar-refractivity contribution >= 4 is 27.5 Å². The van der Waals surface area contributed by atoms with E-state index in [1.54, 1.807) is 24.1 Å². The summed E-state index contributed by atoms with van der Waals surface area (Å²) in [6, 6.07) is 5.15. The van der Waals surface area contributed by atoms with Crippen LogP contribution in [0.2, 0.25) is 5.02 Å². The Kier molecular flexibility index (Phi) is 5.75. The van der Waals surface area contributed by atoms with Gasteiger partial charge in [-0.05, 0) is 30.0 Å². The second-order valence-corrected chi connectivity index (χ2v) is 8.41. The molecule has 1 aromatic carbocycles. The average molecular weight is 361 g/mol. The summed E-state index contributed by atoms with van der Waals surface area (Å²) in [5, 5.41) is 3.32. The van der Waals surface area contributed by atoms with Crippen LogP contribution in [0.4, 0.5) is 4.79 Å². The minimum Gasteiger partial charge on any atom is -0.495 e. The normalized spacial score (nSPS) is 18.0. The van der Waals surface area contributed by atoms with Crippen molar-refractivity contribution in [2.75, 3.05) is 32.2 Å². The van der Waals surface area contributed by atoms with Crippen molar-refractivity contribution in [3.05, 3.63) is 28.8 Å². The molecule has 1 saturated heterocycles. The SMILES string of the molecule is COc1ccc(CNC(=O)N2CC[C@H](CS(C)(=O)=O)C2)cc1Cl. The van der Waals surface area contributed by atoms with E-state index in [0.29, 0.717) is 30.4 Å². The van der Waals surface area contributed by atoms with E-state index in [1.165, 1.54) is 6.26 Å². The molecular weight excluding hydrogens is 340 g/mol. The molecule has 1 aromatic rings. The topological polar surface area (TPSA) is 75.7 Å². The van der Waals surface area contributed by atoms with Crippen LogP contribution in [-0.4, -0.2) is 51.6 Å². The Morgan fingerprint density at radius 3 is 2.83 bits per heavy atom. The number of nitrogens with zero attached hydrogens (tertiary/aromatic N) is 1. The molecule has 1 fully saturated rings. The van der Waals surface area contributed by atoms with Crippen LogP contribution in [0.5, 0.6) is 5.75 Å². The van der Waals surface area contributed by atoms with Gasteiger partial charge in [0.1, 0.15) is 15.6 Å². The molecule has 0 aromatic heterocycles. The Morgan fingerprint density at radius 1 is 1.48 bits per heavy atom. The fourth-order valence-corrected chi connectivity index (χ4v) is 4.10. The number of rotatable bonds is 5. The molecule has 1 heterocycles. The van der Waals surface area contributed by atoms with Gasteiger partial charge in [0, 0.05) is 25.9 Å². The van der Waals surface area contributed by atoms with E-state index < -0.39 is 9.84 Å². The predicted molar refractivity (Wildman–Crippen MR) is 89.6 cm³/mol. The maximum Gasteiger partial charge on any atom is 0.317 e. The third-order valence-electron chi connectivity index (χ3n) is 3.77. The first-order chi connectivity index (χ1) is 10.8. The molecule has 1 aliphatic heterocycles. The molecule has 1 atom stereocenters. The minimum atomic E-state index is -3.01. The summed E-state index contributed by atoms with van der Waals surface area (Å²) >= 11 is 6.05. The number of benzene rings is 1. The molecule has 1 N–H and O–H groups in total. The first kappa shape index (κ1) is 17.9. The molecule has 23 heavy (non-hydrogen) atoms. The third-order valence-corrected chi connectivity index (χ3v) is 5.14. The van der Waals surface area contributed by atoms with E-state index in [2.05, 4.69) is 5.32 Å². The van der Waals surface area contributed by atoms with Gasteiger partial charge in [0.05, 0.1) is 17.9 Å². The largest absolute Gasteiger partial charge is 0.495 e. The Hall–Kier alpha value is -1.47. The summed E-state index contributed by atoms with van der Waals surface area (Å²) in [7, 11) is -1.46. The fraction of sp³-hybridized carbons (Fsp3) is 0.533. The number of methoxy groups -OCH3 is 1. The predicted octanol–water partition coefficient (Wildman–Crippen LogP) is 1.92. The van der Waals surface area contributed by atoms with Crippen LogP contribution in [0.1, 0.15) is 12.0 Å². The first-order valence-corrected chi connectivity index (χ1v) is 9.75. The first-order valence-electron chi connectivity index (χ1n) is 7.31. The third kappa shape index (κ3) is 5.28. The van der Waals surface area contributed by atoms with E-state index in [1.807, 2.05) is 6.07 Å². The highest BCUT2D eigenvalue weighted by Gasteiger charge is 2.28. The molecule has 2 amide bonds. The van der Waals surface area contributed by atoms with Crippen molar-refractivity contribution in [3.63, 3.8) is 0 Å². The molecule has 2 rings (SSSR count). The van der Waals surface area contributed by atoms with Crippen LogP contribution in [0, 0.1) is 5.92 Å². The monoisotopic (exact) mass is 360 g/mol. The number of sulfone groups is 1. The van der Waals surface area contributed by atoms with Gasteiger partial charge in [0.15, 0.2) is 0 Å². The van der Waals surface area contributed by atoms with Gasteiger partial charge < -0.3 is 15.0 Å². The van der Waals surface area contributed by atoms with Crippen molar-refractivity contribution in [1.29, 1.82) is 0 Å². The van der Waals surface area contributed by atoms with Crippen molar-refractivity contribution in [1.82, 2.24) is 10.2 Å². The van der Waals surface area contributed by atoms with E-state index in [-0.39, 0.29) is 17.7 Å². The maximum absolute atomic E-state index is 12.1. The van der Waals surface area contributed by atoms with Gasteiger partial charge in [-0.25, -0.2) is 13.2 Å². The Labute approximate surface area is 141 Å². The van der Waals surface area contributed by atoms with Gasteiger partial charge in [-0.2, -0.15) is 0 Å². The summed E-state index contributed by atoms with van der Waals surface area (Å²) in [5.74, 6) is 0.737. The van der Waals surface area contributed by atoms with Crippen molar-refractivity contribution in [3.8, 4) is 5.75 Å².